The van der Waals surface area contributed by atoms with Crippen LogP contribution in [0.15, 0.2) is 47.4 Å². The van der Waals surface area contributed by atoms with Crippen LogP contribution in [0.4, 0.5) is 0 Å². The van der Waals surface area contributed by atoms with Gasteiger partial charge in [-0.25, -0.2) is 0 Å². The third-order valence-corrected chi connectivity index (χ3v) is 5.21. The summed E-state index contributed by atoms with van der Waals surface area (Å²) >= 11 is 12.5. The zero-order valence-electron chi connectivity index (χ0n) is 14.1. The van der Waals surface area contributed by atoms with Gasteiger partial charge in [0, 0.05) is 29.6 Å². The lowest BCUT2D eigenvalue weighted by Gasteiger charge is -2.15. The number of benzene rings is 2. The van der Waals surface area contributed by atoms with E-state index in [9.17, 15) is 14.7 Å². The first-order valence-corrected chi connectivity index (χ1v) is 8.78. The Bertz CT molecular complexity index is 1290. The molecular weight excluding hydrogens is 389 g/mol. The first-order chi connectivity index (χ1) is 12.9. The lowest BCUT2D eigenvalue weighted by molar-refractivity contribution is -0.137. The Balaban J connectivity index is 2.16. The number of nitrogens with zero attached hydrogens (tertiary/aromatic N) is 3. The molecule has 0 aliphatic rings. The predicted molar refractivity (Wildman–Crippen MR) is 106 cm³/mol. The molecular formula is C19H13Cl2N3O3. The second kappa shape index (κ2) is 6.40. The molecule has 2 heterocycles. The summed E-state index contributed by atoms with van der Waals surface area (Å²) in [6.45, 7) is -0.362. The van der Waals surface area contributed by atoms with Gasteiger partial charge in [0.15, 0.2) is 5.43 Å². The van der Waals surface area contributed by atoms with Crippen molar-refractivity contribution in [3.05, 3.63) is 62.9 Å². The highest BCUT2D eigenvalue weighted by molar-refractivity contribution is 6.45. The molecule has 8 heteroatoms. The Kier molecular flexibility index (Phi) is 4.17. The number of pyridine rings is 1. The van der Waals surface area contributed by atoms with Crippen LogP contribution < -0.4 is 5.43 Å². The van der Waals surface area contributed by atoms with Gasteiger partial charge in [-0.15, -0.1) is 0 Å². The van der Waals surface area contributed by atoms with Gasteiger partial charge in [-0.2, -0.15) is 5.10 Å². The van der Waals surface area contributed by atoms with Crippen molar-refractivity contribution in [2.24, 2.45) is 7.05 Å². The summed E-state index contributed by atoms with van der Waals surface area (Å²) in [5.41, 5.74) is 2.02. The third kappa shape index (κ3) is 2.87. The number of aromatic nitrogens is 3. The Labute approximate surface area is 163 Å². The molecule has 0 radical (unpaired) electrons. The average Bonchev–Trinajstić information content (AvgIpc) is 3.07. The van der Waals surface area contributed by atoms with Crippen molar-refractivity contribution in [1.29, 1.82) is 0 Å². The van der Waals surface area contributed by atoms with Crippen molar-refractivity contribution in [3.8, 4) is 11.3 Å². The Morgan fingerprint density at radius 3 is 2.56 bits per heavy atom. The molecule has 0 bridgehead atoms. The molecule has 0 spiro atoms. The molecule has 0 aliphatic heterocycles. The normalized spacial score (nSPS) is 11.4. The van der Waals surface area contributed by atoms with E-state index in [0.717, 1.165) is 5.56 Å². The summed E-state index contributed by atoms with van der Waals surface area (Å²) in [6.07, 6.45) is 1.81. The van der Waals surface area contributed by atoms with Crippen LogP contribution in [0.5, 0.6) is 0 Å². The lowest BCUT2D eigenvalue weighted by atomic mass is 10.0. The molecule has 0 atom stereocenters. The number of rotatable bonds is 3. The minimum absolute atomic E-state index is 0.151. The van der Waals surface area contributed by atoms with Crippen LogP contribution >= 0.6 is 23.2 Å². The highest BCUT2D eigenvalue weighted by Gasteiger charge is 2.18. The molecule has 1 N–H and O–H groups in total. The summed E-state index contributed by atoms with van der Waals surface area (Å²) < 4.78 is 3.18. The number of halogens is 2. The van der Waals surface area contributed by atoms with Gasteiger partial charge in [0.2, 0.25) is 0 Å². The molecule has 6 nitrogen and oxygen atoms in total. The van der Waals surface area contributed by atoms with Gasteiger partial charge in [-0.1, -0.05) is 29.3 Å². The van der Waals surface area contributed by atoms with Crippen LogP contribution in [-0.2, 0) is 18.4 Å². The van der Waals surface area contributed by atoms with Gasteiger partial charge < -0.3 is 9.67 Å². The van der Waals surface area contributed by atoms with E-state index < -0.39 is 5.97 Å². The smallest absolute Gasteiger partial charge is 0.323 e. The lowest BCUT2D eigenvalue weighted by Crippen LogP contribution is -2.16. The van der Waals surface area contributed by atoms with E-state index in [4.69, 9.17) is 23.2 Å². The van der Waals surface area contributed by atoms with Gasteiger partial charge in [0.1, 0.15) is 6.54 Å². The van der Waals surface area contributed by atoms with E-state index in [-0.39, 0.29) is 22.0 Å². The monoisotopic (exact) mass is 401 g/mol. The fraction of sp³-hybridized carbons (Fsp3) is 0.105. The van der Waals surface area contributed by atoms with E-state index in [1.165, 1.54) is 10.6 Å². The summed E-state index contributed by atoms with van der Waals surface area (Å²) in [7, 11) is 1.81. The average molecular weight is 402 g/mol. The number of fused-ring (bicyclic) bond motifs is 2. The van der Waals surface area contributed by atoms with Gasteiger partial charge in [-0.05, 0) is 30.3 Å². The molecule has 0 aliphatic carbocycles. The first kappa shape index (κ1) is 17.6. The summed E-state index contributed by atoms with van der Waals surface area (Å²) in [4.78, 5) is 24.5. The van der Waals surface area contributed by atoms with E-state index in [1.807, 2.05) is 6.07 Å². The van der Waals surface area contributed by atoms with Crippen LogP contribution in [0.2, 0.25) is 10.0 Å². The quantitative estimate of drug-likeness (QED) is 0.527. The van der Waals surface area contributed by atoms with Crippen molar-refractivity contribution in [3.63, 3.8) is 0 Å². The van der Waals surface area contributed by atoms with E-state index in [1.54, 1.807) is 42.2 Å². The first-order valence-electron chi connectivity index (χ1n) is 8.03. The number of aliphatic carboxylic acids is 1. The third-order valence-electron chi connectivity index (χ3n) is 4.42. The highest BCUT2D eigenvalue weighted by Crippen LogP contribution is 2.32. The minimum Gasteiger partial charge on any atom is -0.480 e. The SMILES string of the molecule is Cn1ccc(-c2ccc3c(=O)c4ccc(Cl)c(Cl)c4n(CC(=O)O)c3c2)n1. The molecule has 0 fully saturated rings. The van der Waals surface area contributed by atoms with E-state index >= 15 is 0 Å². The number of aryl methyl sites for hydroxylation is 1. The number of hydrogen-bond donors (Lipinski definition) is 1. The molecule has 4 aromatic rings. The standard InChI is InChI=1S/C19H13Cl2N3O3/c1-23-7-6-14(22-23)10-2-3-11-15(8-10)24(9-16(25)26)18-12(19(11)27)4-5-13(20)17(18)21/h2-8H,9H2,1H3,(H,25,26). The summed E-state index contributed by atoms with van der Waals surface area (Å²) in [5, 5.41) is 14.9. The van der Waals surface area contributed by atoms with Crippen LogP contribution in [0.3, 0.4) is 0 Å². The van der Waals surface area contributed by atoms with Gasteiger partial charge in [0.05, 0.1) is 26.8 Å². The number of carbonyl (C=O) groups is 1. The molecule has 0 saturated carbocycles. The van der Waals surface area contributed by atoms with Crippen LogP contribution in [0.25, 0.3) is 33.1 Å². The summed E-state index contributed by atoms with van der Waals surface area (Å²) in [6, 6.07) is 10.2. The second-order valence-corrected chi connectivity index (χ2v) is 6.96. The second-order valence-electron chi connectivity index (χ2n) is 6.17. The maximum atomic E-state index is 13.0. The fourth-order valence-electron chi connectivity index (χ4n) is 3.23. The molecule has 0 amide bonds. The zero-order valence-corrected chi connectivity index (χ0v) is 15.6. The molecule has 27 heavy (non-hydrogen) atoms. The summed E-state index contributed by atoms with van der Waals surface area (Å²) in [5.74, 6) is -1.06. The fourth-order valence-corrected chi connectivity index (χ4v) is 3.65. The topological polar surface area (TPSA) is 77.1 Å². The maximum Gasteiger partial charge on any atom is 0.323 e. The molecule has 0 unspecified atom stereocenters. The molecule has 2 aromatic heterocycles. The van der Waals surface area contributed by atoms with Crippen molar-refractivity contribution in [1.82, 2.24) is 14.3 Å². The molecule has 2 aromatic carbocycles. The Hall–Kier alpha value is -2.83. The molecule has 4 rings (SSSR count). The van der Waals surface area contributed by atoms with Crippen LogP contribution in [0, 0.1) is 0 Å². The van der Waals surface area contributed by atoms with Gasteiger partial charge in [0.25, 0.3) is 0 Å². The largest absolute Gasteiger partial charge is 0.480 e. The molecule has 136 valence electrons. The predicted octanol–water partition coefficient (Wildman–Crippen LogP) is 3.95. The molecule has 0 saturated heterocycles. The number of carboxylic acids is 1. The van der Waals surface area contributed by atoms with Crippen LogP contribution in [0.1, 0.15) is 0 Å². The number of carboxylic acid groups (broad SMARTS) is 1. The van der Waals surface area contributed by atoms with Crippen molar-refractivity contribution >= 4 is 51.0 Å². The van der Waals surface area contributed by atoms with E-state index in [2.05, 4.69) is 5.10 Å². The highest BCUT2D eigenvalue weighted by atomic mass is 35.5. The maximum absolute atomic E-state index is 13.0. The Morgan fingerprint density at radius 2 is 1.89 bits per heavy atom. The van der Waals surface area contributed by atoms with E-state index in [0.29, 0.717) is 27.5 Å². The number of hydrogen-bond acceptors (Lipinski definition) is 3. The Morgan fingerprint density at radius 1 is 1.15 bits per heavy atom. The van der Waals surface area contributed by atoms with Crippen molar-refractivity contribution in [2.45, 2.75) is 6.54 Å². The van der Waals surface area contributed by atoms with Crippen molar-refractivity contribution < 1.29 is 9.90 Å². The van der Waals surface area contributed by atoms with Gasteiger partial charge >= 0.3 is 5.97 Å². The van der Waals surface area contributed by atoms with Crippen molar-refractivity contribution in [2.75, 3.05) is 0 Å². The minimum atomic E-state index is -1.06. The zero-order chi connectivity index (χ0) is 19.3. The van der Waals surface area contributed by atoms with Crippen LogP contribution in [-0.4, -0.2) is 25.4 Å². The van der Waals surface area contributed by atoms with Gasteiger partial charge in [-0.3, -0.25) is 14.3 Å².